The van der Waals surface area contributed by atoms with Crippen molar-refractivity contribution in [1.82, 2.24) is 25.0 Å². The molecule has 0 aromatic carbocycles. The third kappa shape index (κ3) is 3.00. The van der Waals surface area contributed by atoms with Crippen LogP contribution in [0.15, 0.2) is 24.9 Å². The molecule has 3 rings (SSSR count). The summed E-state index contributed by atoms with van der Waals surface area (Å²) in [4.78, 5) is 17.8. The van der Waals surface area contributed by atoms with Crippen LogP contribution < -0.4 is 5.32 Å². The average Bonchev–Trinajstić information content (AvgIpc) is 3.22. The molecule has 2 aliphatic rings. The van der Waals surface area contributed by atoms with Crippen molar-refractivity contribution in [2.75, 3.05) is 27.9 Å². The smallest absolute Gasteiger partial charge is 0.325 e. The first-order valence-electron chi connectivity index (χ1n) is 7.50. The maximum Gasteiger partial charge on any atom is 0.325 e. The largest absolute Gasteiger partial charge is 0.382 e. The van der Waals surface area contributed by atoms with Gasteiger partial charge in [-0.2, -0.15) is 5.10 Å². The first-order valence-corrected chi connectivity index (χ1v) is 7.50. The van der Waals surface area contributed by atoms with Crippen LogP contribution in [0.3, 0.4) is 0 Å². The number of nitrogens with one attached hydrogen (secondary N) is 1. The lowest BCUT2D eigenvalue weighted by atomic mass is 10.1. The second-order valence-corrected chi connectivity index (χ2v) is 5.44. The molecule has 1 saturated heterocycles. The summed E-state index contributed by atoms with van der Waals surface area (Å²) in [7, 11) is 4.73. The van der Waals surface area contributed by atoms with Crippen molar-refractivity contribution in [2.45, 2.75) is 30.7 Å². The lowest BCUT2D eigenvalue weighted by Gasteiger charge is -2.33. The number of amides is 2. The molecule has 1 N–H and O–H groups in total. The molecule has 132 valence electrons. The highest BCUT2D eigenvalue weighted by Crippen LogP contribution is 2.30. The molecule has 0 saturated carbocycles. The first kappa shape index (κ1) is 16.8. The standard InChI is InChI=1S/C14H21N5O5/c1-21-6-9-11(22-2)12(23-3)13(24-9)18-5-4-10(17-14(18)20)19-8-15-7-16-19/h4-5,7-13H,6H2,1-3H3,(H,17,20)/i5+1. The molecule has 0 bridgehead atoms. The molecule has 2 amide bonds. The molecule has 1 fully saturated rings. The van der Waals surface area contributed by atoms with E-state index in [4.69, 9.17) is 18.9 Å². The number of carbonyl (C=O) groups is 1. The van der Waals surface area contributed by atoms with Gasteiger partial charge in [0.05, 0.1) is 6.61 Å². The number of ether oxygens (including phenoxy) is 4. The van der Waals surface area contributed by atoms with Crippen molar-refractivity contribution in [2.24, 2.45) is 0 Å². The lowest BCUT2D eigenvalue weighted by Crippen LogP contribution is -2.52. The molecular formula is C14H21N5O5. The molecule has 5 unspecified atom stereocenters. The van der Waals surface area contributed by atoms with Crippen LogP contribution in [0.2, 0.25) is 0 Å². The van der Waals surface area contributed by atoms with Gasteiger partial charge in [0.15, 0.2) is 6.23 Å². The van der Waals surface area contributed by atoms with Gasteiger partial charge < -0.3 is 24.3 Å². The minimum absolute atomic E-state index is 0.321. The van der Waals surface area contributed by atoms with Gasteiger partial charge in [-0.25, -0.2) is 14.5 Å². The zero-order valence-electron chi connectivity index (χ0n) is 13.7. The quantitative estimate of drug-likeness (QED) is 0.711. The van der Waals surface area contributed by atoms with E-state index in [9.17, 15) is 4.79 Å². The van der Waals surface area contributed by atoms with E-state index >= 15 is 0 Å². The topological polar surface area (TPSA) is 100.0 Å². The predicted octanol–water partition coefficient (Wildman–Crippen LogP) is -0.283. The molecule has 1 aromatic heterocycles. The third-order valence-electron chi connectivity index (χ3n) is 4.09. The van der Waals surface area contributed by atoms with E-state index in [-0.39, 0.29) is 18.2 Å². The minimum Gasteiger partial charge on any atom is -0.382 e. The van der Waals surface area contributed by atoms with Gasteiger partial charge in [0.25, 0.3) is 0 Å². The Morgan fingerprint density at radius 1 is 1.29 bits per heavy atom. The molecule has 0 radical (unpaired) electrons. The van der Waals surface area contributed by atoms with E-state index < -0.39 is 18.5 Å². The summed E-state index contributed by atoms with van der Waals surface area (Å²) in [5, 5.41) is 6.84. The average molecular weight is 340 g/mol. The summed E-state index contributed by atoms with van der Waals surface area (Å²) in [6, 6.07) is -0.321. The Bertz CT molecular complexity index is 580. The van der Waals surface area contributed by atoms with Gasteiger partial charge in [0.1, 0.15) is 37.1 Å². The lowest BCUT2D eigenvalue weighted by molar-refractivity contribution is -0.0775. The minimum atomic E-state index is -0.618. The van der Waals surface area contributed by atoms with Gasteiger partial charge in [-0.05, 0) is 6.08 Å². The maximum absolute atomic E-state index is 12.5. The van der Waals surface area contributed by atoms with Crippen LogP contribution in [-0.4, -0.2) is 78.2 Å². The van der Waals surface area contributed by atoms with E-state index in [1.54, 1.807) is 38.3 Å². The first-order chi connectivity index (χ1) is 11.7. The van der Waals surface area contributed by atoms with E-state index in [0.717, 1.165) is 0 Å². The van der Waals surface area contributed by atoms with Crippen molar-refractivity contribution >= 4 is 6.03 Å². The predicted molar refractivity (Wildman–Crippen MR) is 80.7 cm³/mol. The van der Waals surface area contributed by atoms with E-state index in [1.807, 2.05) is 0 Å². The second-order valence-electron chi connectivity index (χ2n) is 5.44. The third-order valence-corrected chi connectivity index (χ3v) is 4.09. The Morgan fingerprint density at radius 3 is 2.67 bits per heavy atom. The van der Waals surface area contributed by atoms with Crippen LogP contribution in [0, 0.1) is 0 Å². The SMILES string of the molecule is COCC1OC(N2[13CH]=CC(n3cncn3)NC2=O)C(OC)C1OC. The second kappa shape index (κ2) is 7.26. The summed E-state index contributed by atoms with van der Waals surface area (Å²) in [6.45, 7) is 0.343. The number of hydrogen-bond acceptors (Lipinski definition) is 7. The Kier molecular flexibility index (Phi) is 5.09. The van der Waals surface area contributed by atoms with Gasteiger partial charge in [0, 0.05) is 27.5 Å². The number of nitrogens with zero attached hydrogens (tertiary/aromatic N) is 4. The van der Waals surface area contributed by atoms with Gasteiger partial charge in [-0.3, -0.25) is 4.90 Å². The fraction of sp³-hybridized carbons (Fsp3) is 0.643. The fourth-order valence-corrected chi connectivity index (χ4v) is 2.97. The summed E-state index contributed by atoms with van der Waals surface area (Å²) in [5.74, 6) is 0. The Hall–Kier alpha value is -2.01. The van der Waals surface area contributed by atoms with Crippen molar-refractivity contribution in [1.29, 1.82) is 0 Å². The normalized spacial score (nSPS) is 33.0. The van der Waals surface area contributed by atoms with Crippen LogP contribution >= 0.6 is 0 Å². The number of aromatic nitrogens is 3. The van der Waals surface area contributed by atoms with Crippen molar-refractivity contribution in [3.63, 3.8) is 0 Å². The van der Waals surface area contributed by atoms with E-state index in [0.29, 0.717) is 6.61 Å². The Labute approximate surface area is 139 Å². The summed E-state index contributed by atoms with van der Waals surface area (Å²) >= 11 is 0. The number of methoxy groups -OCH3 is 3. The van der Waals surface area contributed by atoms with Crippen LogP contribution in [0.1, 0.15) is 6.17 Å². The summed E-state index contributed by atoms with van der Waals surface area (Å²) < 4.78 is 23.7. The molecule has 10 nitrogen and oxygen atoms in total. The Morgan fingerprint density at radius 2 is 2.08 bits per heavy atom. The highest BCUT2D eigenvalue weighted by Gasteiger charge is 2.49. The van der Waals surface area contributed by atoms with Crippen molar-refractivity contribution in [3.8, 4) is 0 Å². The van der Waals surface area contributed by atoms with Crippen molar-refractivity contribution < 1.29 is 23.7 Å². The molecule has 0 spiro atoms. The summed E-state index contributed by atoms with van der Waals surface area (Å²) in [5.41, 5.74) is 0. The molecule has 5 atom stereocenters. The molecule has 0 aliphatic carbocycles. The number of hydrogen-bond donors (Lipinski definition) is 1. The number of rotatable bonds is 6. The van der Waals surface area contributed by atoms with E-state index in [1.165, 1.54) is 17.6 Å². The van der Waals surface area contributed by atoms with Gasteiger partial charge in [-0.15, -0.1) is 0 Å². The zero-order valence-corrected chi connectivity index (χ0v) is 13.7. The van der Waals surface area contributed by atoms with Crippen LogP contribution in [0.4, 0.5) is 4.79 Å². The van der Waals surface area contributed by atoms with Crippen LogP contribution in [-0.2, 0) is 18.9 Å². The monoisotopic (exact) mass is 340 g/mol. The van der Waals surface area contributed by atoms with Crippen LogP contribution in [0.5, 0.6) is 0 Å². The number of urea groups is 1. The highest BCUT2D eigenvalue weighted by atomic mass is 16.6. The van der Waals surface area contributed by atoms with Gasteiger partial charge in [-0.1, -0.05) is 0 Å². The zero-order chi connectivity index (χ0) is 17.1. The van der Waals surface area contributed by atoms with Gasteiger partial charge >= 0.3 is 6.03 Å². The van der Waals surface area contributed by atoms with Crippen molar-refractivity contribution in [3.05, 3.63) is 24.9 Å². The highest BCUT2D eigenvalue weighted by molar-refractivity contribution is 5.77. The Balaban J connectivity index is 1.78. The molecular weight excluding hydrogens is 319 g/mol. The molecule has 3 heterocycles. The molecule has 1 aromatic rings. The summed E-state index contributed by atoms with van der Waals surface area (Å²) in [6.07, 6.45) is 4.27. The molecule has 2 aliphatic heterocycles. The number of carbonyl (C=O) groups excluding carboxylic acids is 1. The maximum atomic E-state index is 12.5. The molecule has 24 heavy (non-hydrogen) atoms. The van der Waals surface area contributed by atoms with Gasteiger partial charge in [0.2, 0.25) is 0 Å². The molecule has 10 heteroatoms. The van der Waals surface area contributed by atoms with E-state index in [2.05, 4.69) is 15.4 Å². The fourth-order valence-electron chi connectivity index (χ4n) is 2.97. The van der Waals surface area contributed by atoms with Crippen LogP contribution in [0.25, 0.3) is 0 Å².